The first kappa shape index (κ1) is 17.4. The number of halogens is 2. The first-order valence-corrected chi connectivity index (χ1v) is 8.17. The Kier molecular flexibility index (Phi) is 4.05. The van der Waals surface area contributed by atoms with Crippen molar-refractivity contribution < 1.29 is 18.7 Å². The molecule has 1 amide bonds. The fourth-order valence-corrected chi connectivity index (χ4v) is 3.84. The number of likely N-dealkylation sites (tertiary alicyclic amines) is 1. The second-order valence-corrected chi connectivity index (χ2v) is 7.51. The van der Waals surface area contributed by atoms with Gasteiger partial charge in [0.2, 0.25) is 0 Å². The summed E-state index contributed by atoms with van der Waals surface area (Å²) < 4.78 is 28.0. The van der Waals surface area contributed by atoms with Crippen LogP contribution in [0.1, 0.15) is 38.2 Å². The molecule has 1 aliphatic rings. The van der Waals surface area contributed by atoms with E-state index in [0.29, 0.717) is 6.54 Å². The lowest BCUT2D eigenvalue weighted by Crippen LogP contribution is -2.65. The Labute approximate surface area is 144 Å². The summed E-state index contributed by atoms with van der Waals surface area (Å²) in [6, 6.07) is 3.05. The zero-order valence-electron chi connectivity index (χ0n) is 14.6. The van der Waals surface area contributed by atoms with Gasteiger partial charge >= 0.3 is 0 Å². The number of carbonyl (C=O) groups excluding carboxylic acids is 1. The number of benzene rings is 1. The molecule has 0 saturated carbocycles. The number of hydrogen-bond donors (Lipinski definition) is 1. The Morgan fingerprint density at radius 2 is 2.04 bits per heavy atom. The van der Waals surface area contributed by atoms with Crippen molar-refractivity contribution in [2.75, 3.05) is 6.54 Å². The van der Waals surface area contributed by atoms with Crippen molar-refractivity contribution in [2.45, 2.75) is 33.7 Å². The monoisotopic (exact) mass is 349 g/mol. The normalized spacial score (nSPS) is 19.2. The van der Waals surface area contributed by atoms with E-state index in [1.165, 1.54) is 6.07 Å². The first-order chi connectivity index (χ1) is 11.6. The van der Waals surface area contributed by atoms with Crippen molar-refractivity contribution in [2.24, 2.45) is 11.3 Å². The maximum atomic E-state index is 13.9. The van der Waals surface area contributed by atoms with Crippen molar-refractivity contribution in [1.29, 1.82) is 0 Å². The lowest BCUT2D eigenvalue weighted by Gasteiger charge is -2.56. The average molecular weight is 349 g/mol. The van der Waals surface area contributed by atoms with Gasteiger partial charge in [-0.2, -0.15) is 5.10 Å². The van der Waals surface area contributed by atoms with Gasteiger partial charge in [0.25, 0.3) is 5.91 Å². The Hall–Kier alpha value is -2.44. The highest BCUT2D eigenvalue weighted by atomic mass is 19.1. The summed E-state index contributed by atoms with van der Waals surface area (Å²) in [4.78, 5) is 14.4. The number of hydrogen-bond acceptors (Lipinski definition) is 3. The molecule has 1 atom stereocenters. The van der Waals surface area contributed by atoms with Gasteiger partial charge in [-0.1, -0.05) is 27.7 Å². The second-order valence-electron chi connectivity index (χ2n) is 7.51. The van der Waals surface area contributed by atoms with Gasteiger partial charge in [0, 0.05) is 24.1 Å². The predicted molar refractivity (Wildman–Crippen MR) is 88.6 cm³/mol. The van der Waals surface area contributed by atoms with Gasteiger partial charge in [0.05, 0.1) is 6.20 Å². The Bertz CT molecular complexity index is 830. The third-order valence-corrected chi connectivity index (χ3v) is 4.66. The van der Waals surface area contributed by atoms with Crippen LogP contribution in [0.5, 0.6) is 5.75 Å². The molecule has 0 spiro atoms. The molecule has 1 aromatic heterocycles. The van der Waals surface area contributed by atoms with Gasteiger partial charge in [-0.05, 0) is 18.1 Å². The quantitative estimate of drug-likeness (QED) is 0.924. The van der Waals surface area contributed by atoms with Crippen LogP contribution in [-0.2, 0) is 0 Å². The fourth-order valence-electron chi connectivity index (χ4n) is 3.84. The minimum absolute atomic E-state index is 0.00885. The van der Waals surface area contributed by atoms with Crippen LogP contribution in [0.2, 0.25) is 0 Å². The number of nitrogens with zero attached hydrogens (tertiary/aromatic N) is 3. The van der Waals surface area contributed by atoms with Gasteiger partial charge in [0.15, 0.2) is 17.3 Å². The fraction of sp³-hybridized carbons (Fsp3) is 0.444. The van der Waals surface area contributed by atoms with E-state index in [9.17, 15) is 18.7 Å². The minimum Gasteiger partial charge on any atom is -0.504 e. The molecule has 25 heavy (non-hydrogen) atoms. The first-order valence-electron chi connectivity index (χ1n) is 8.17. The Balaban J connectivity index is 1.92. The maximum Gasteiger partial charge on any atom is 0.278 e. The third-order valence-electron chi connectivity index (χ3n) is 4.66. The predicted octanol–water partition coefficient (Wildman–Crippen LogP) is 3.36. The summed E-state index contributed by atoms with van der Waals surface area (Å²) in [5.41, 5.74) is -0.185. The molecule has 2 aromatic rings. The number of aromatic hydroxyl groups is 1. The van der Waals surface area contributed by atoms with Crippen molar-refractivity contribution in [3.8, 4) is 11.4 Å². The van der Waals surface area contributed by atoms with Gasteiger partial charge in [-0.25, -0.2) is 13.5 Å². The summed E-state index contributed by atoms with van der Waals surface area (Å²) in [6.07, 6.45) is 1.15. The highest BCUT2D eigenvalue weighted by Gasteiger charge is 2.50. The van der Waals surface area contributed by atoms with E-state index < -0.39 is 17.5 Å². The van der Waals surface area contributed by atoms with Crippen LogP contribution >= 0.6 is 0 Å². The standard InChI is InChI=1S/C18H21F2N3O2/c1-10(2)16-18(3,4)9-22(16)17(25)15-14(24)8-23(21-15)13-6-5-11(19)7-12(13)20/h5-8,10,16,24H,9H2,1-4H3. The largest absolute Gasteiger partial charge is 0.504 e. The third kappa shape index (κ3) is 2.88. The zero-order valence-corrected chi connectivity index (χ0v) is 14.6. The van der Waals surface area contributed by atoms with E-state index >= 15 is 0 Å². The summed E-state index contributed by atoms with van der Waals surface area (Å²) in [7, 11) is 0. The molecule has 134 valence electrons. The SMILES string of the molecule is CC(C)C1N(C(=O)c2nn(-c3ccc(F)cc3F)cc2O)CC1(C)C. The van der Waals surface area contributed by atoms with Gasteiger partial charge in [-0.15, -0.1) is 0 Å². The minimum atomic E-state index is -0.827. The molecule has 0 aliphatic carbocycles. The highest BCUT2D eigenvalue weighted by molar-refractivity contribution is 5.95. The Morgan fingerprint density at radius 1 is 1.36 bits per heavy atom. The van der Waals surface area contributed by atoms with E-state index in [1.54, 1.807) is 4.90 Å². The van der Waals surface area contributed by atoms with Crippen molar-refractivity contribution in [1.82, 2.24) is 14.7 Å². The number of amides is 1. The van der Waals surface area contributed by atoms with Crippen LogP contribution in [0.3, 0.4) is 0 Å². The van der Waals surface area contributed by atoms with E-state index in [0.717, 1.165) is 23.0 Å². The summed E-state index contributed by atoms with van der Waals surface area (Å²) >= 11 is 0. The van der Waals surface area contributed by atoms with Gasteiger partial charge < -0.3 is 10.0 Å². The molecule has 1 N–H and O–H groups in total. The van der Waals surface area contributed by atoms with Crippen molar-refractivity contribution in [3.05, 3.63) is 41.7 Å². The van der Waals surface area contributed by atoms with Crippen LogP contribution < -0.4 is 0 Å². The van der Waals surface area contributed by atoms with Crippen molar-refractivity contribution in [3.63, 3.8) is 0 Å². The van der Waals surface area contributed by atoms with Crippen LogP contribution in [0.25, 0.3) is 5.69 Å². The van der Waals surface area contributed by atoms with Gasteiger partial charge in [0.1, 0.15) is 11.5 Å². The average Bonchev–Trinajstić information content (AvgIpc) is 2.85. The molecule has 1 aromatic carbocycles. The second kappa shape index (κ2) is 5.82. The van der Waals surface area contributed by atoms with Crippen LogP contribution in [0.15, 0.2) is 24.4 Å². The summed E-state index contributed by atoms with van der Waals surface area (Å²) in [5.74, 6) is -2.01. The summed E-state index contributed by atoms with van der Waals surface area (Å²) in [5, 5.41) is 14.1. The van der Waals surface area contributed by atoms with Crippen LogP contribution in [-0.4, -0.2) is 38.3 Å². The molecule has 2 heterocycles. The molecule has 0 bridgehead atoms. The lowest BCUT2D eigenvalue weighted by atomic mass is 9.70. The highest BCUT2D eigenvalue weighted by Crippen LogP contribution is 2.42. The van der Waals surface area contributed by atoms with E-state index in [4.69, 9.17) is 0 Å². The molecule has 1 saturated heterocycles. The molecule has 1 fully saturated rings. The smallest absolute Gasteiger partial charge is 0.278 e. The van der Waals surface area contributed by atoms with Crippen molar-refractivity contribution >= 4 is 5.91 Å². The molecule has 0 radical (unpaired) electrons. The van der Waals surface area contributed by atoms with E-state index in [2.05, 4.69) is 18.9 Å². The molecule has 1 unspecified atom stereocenters. The number of aromatic nitrogens is 2. The number of rotatable bonds is 3. The molecular formula is C18H21F2N3O2. The van der Waals surface area contributed by atoms with Crippen LogP contribution in [0, 0.1) is 23.0 Å². The zero-order chi connectivity index (χ0) is 18.5. The molecule has 7 heteroatoms. The van der Waals surface area contributed by atoms with E-state index in [1.807, 2.05) is 13.8 Å². The van der Waals surface area contributed by atoms with E-state index in [-0.39, 0.29) is 34.5 Å². The van der Waals surface area contributed by atoms with Gasteiger partial charge in [-0.3, -0.25) is 4.79 Å². The Morgan fingerprint density at radius 3 is 2.60 bits per heavy atom. The molecule has 5 nitrogen and oxygen atoms in total. The summed E-state index contributed by atoms with van der Waals surface area (Å²) in [6.45, 7) is 8.82. The van der Waals surface area contributed by atoms with Crippen LogP contribution in [0.4, 0.5) is 8.78 Å². The topological polar surface area (TPSA) is 58.4 Å². The number of carbonyl (C=O) groups is 1. The lowest BCUT2D eigenvalue weighted by molar-refractivity contribution is -0.0524. The molecule has 3 rings (SSSR count). The molecule has 1 aliphatic heterocycles. The molecular weight excluding hydrogens is 328 g/mol. The maximum absolute atomic E-state index is 13.9.